The van der Waals surface area contributed by atoms with E-state index in [0.29, 0.717) is 11.3 Å². The van der Waals surface area contributed by atoms with E-state index in [1.54, 1.807) is 19.1 Å². The van der Waals surface area contributed by atoms with Crippen molar-refractivity contribution in [2.75, 3.05) is 10.5 Å². The van der Waals surface area contributed by atoms with Gasteiger partial charge in [0.2, 0.25) is 0 Å². The van der Waals surface area contributed by atoms with Crippen LogP contribution in [-0.2, 0) is 16.4 Å². The Morgan fingerprint density at radius 1 is 1.19 bits per heavy atom. The molecule has 112 valence electrons. The Bertz CT molecular complexity index is 753. The lowest BCUT2D eigenvalue weighted by Crippen LogP contribution is -2.14. The van der Waals surface area contributed by atoms with E-state index < -0.39 is 15.8 Å². The number of nitrogen functional groups attached to an aromatic ring is 1. The van der Waals surface area contributed by atoms with Crippen molar-refractivity contribution in [2.24, 2.45) is 0 Å². The topological polar surface area (TPSA) is 72.2 Å². The van der Waals surface area contributed by atoms with Gasteiger partial charge in [0.25, 0.3) is 10.0 Å². The van der Waals surface area contributed by atoms with Crippen LogP contribution in [0.4, 0.5) is 15.8 Å². The molecule has 0 saturated heterocycles. The zero-order valence-electron chi connectivity index (χ0n) is 11.9. The van der Waals surface area contributed by atoms with Gasteiger partial charge in [-0.3, -0.25) is 4.72 Å². The summed E-state index contributed by atoms with van der Waals surface area (Å²) in [7, 11) is -3.79. The second-order valence-corrected chi connectivity index (χ2v) is 6.52. The van der Waals surface area contributed by atoms with Crippen LogP contribution in [0.2, 0.25) is 0 Å². The van der Waals surface area contributed by atoms with Gasteiger partial charge >= 0.3 is 0 Å². The third-order valence-corrected chi connectivity index (χ3v) is 4.48. The summed E-state index contributed by atoms with van der Waals surface area (Å²) < 4.78 is 40.2. The quantitative estimate of drug-likeness (QED) is 0.853. The predicted octanol–water partition coefficient (Wildman–Crippen LogP) is 3.08. The molecule has 0 atom stereocenters. The van der Waals surface area contributed by atoms with E-state index in [9.17, 15) is 12.8 Å². The number of hydrogen-bond acceptors (Lipinski definition) is 3. The fourth-order valence-corrected chi connectivity index (χ4v) is 3.15. The zero-order valence-corrected chi connectivity index (χ0v) is 12.7. The Morgan fingerprint density at radius 2 is 1.90 bits per heavy atom. The maximum absolute atomic E-state index is 13.3. The lowest BCUT2D eigenvalue weighted by atomic mass is 10.1. The molecule has 0 aromatic heterocycles. The first-order valence-electron chi connectivity index (χ1n) is 6.50. The zero-order chi connectivity index (χ0) is 15.6. The number of sulfonamides is 1. The minimum Gasteiger partial charge on any atom is -0.398 e. The summed E-state index contributed by atoms with van der Waals surface area (Å²) in [5, 5.41) is 0. The van der Waals surface area contributed by atoms with Crippen LogP contribution >= 0.6 is 0 Å². The van der Waals surface area contributed by atoms with Gasteiger partial charge < -0.3 is 5.73 Å². The number of hydrogen-bond donors (Lipinski definition) is 2. The number of anilines is 2. The lowest BCUT2D eigenvalue weighted by molar-refractivity contribution is 0.601. The molecular weight excluding hydrogens is 291 g/mol. The van der Waals surface area contributed by atoms with Gasteiger partial charge in [0.15, 0.2) is 0 Å². The molecule has 0 amide bonds. The average molecular weight is 308 g/mol. The largest absolute Gasteiger partial charge is 0.398 e. The van der Waals surface area contributed by atoms with Gasteiger partial charge in [0.05, 0.1) is 10.6 Å². The van der Waals surface area contributed by atoms with E-state index in [2.05, 4.69) is 4.72 Å². The molecule has 21 heavy (non-hydrogen) atoms. The van der Waals surface area contributed by atoms with E-state index in [1.807, 2.05) is 6.92 Å². The standard InChI is InChI=1S/C15H17FN2O2S/c1-3-11-4-5-14(9-15(11)17)21(19,20)18-13-7-10(2)6-12(16)8-13/h4-9,18H,3,17H2,1-2H3. The molecular formula is C15H17FN2O2S. The van der Waals surface area contributed by atoms with Gasteiger partial charge in [-0.25, -0.2) is 12.8 Å². The summed E-state index contributed by atoms with van der Waals surface area (Å²) in [6.45, 7) is 3.63. The second kappa shape index (κ2) is 5.73. The van der Waals surface area contributed by atoms with E-state index in [0.717, 1.165) is 18.1 Å². The molecule has 0 radical (unpaired) electrons. The summed E-state index contributed by atoms with van der Waals surface area (Å²) in [5.41, 5.74) is 7.95. The van der Waals surface area contributed by atoms with Gasteiger partial charge in [-0.1, -0.05) is 13.0 Å². The maximum atomic E-state index is 13.3. The Morgan fingerprint density at radius 3 is 2.48 bits per heavy atom. The highest BCUT2D eigenvalue weighted by molar-refractivity contribution is 7.92. The van der Waals surface area contributed by atoms with Crippen molar-refractivity contribution < 1.29 is 12.8 Å². The Kier molecular flexibility index (Phi) is 4.18. The van der Waals surface area contributed by atoms with Gasteiger partial charge in [-0.05, 0) is 54.8 Å². The molecule has 0 saturated carbocycles. The molecule has 0 aliphatic rings. The molecule has 3 N–H and O–H groups in total. The number of benzene rings is 2. The van der Waals surface area contributed by atoms with Crippen molar-refractivity contribution >= 4 is 21.4 Å². The number of halogens is 1. The Balaban J connectivity index is 2.36. The first kappa shape index (κ1) is 15.3. The average Bonchev–Trinajstić information content (AvgIpc) is 2.36. The van der Waals surface area contributed by atoms with Crippen LogP contribution in [0.5, 0.6) is 0 Å². The monoisotopic (exact) mass is 308 g/mol. The van der Waals surface area contributed by atoms with Crippen LogP contribution in [0, 0.1) is 12.7 Å². The van der Waals surface area contributed by atoms with Crippen molar-refractivity contribution in [3.05, 3.63) is 53.3 Å². The van der Waals surface area contributed by atoms with E-state index in [1.165, 1.54) is 18.2 Å². The van der Waals surface area contributed by atoms with Crippen LogP contribution in [0.3, 0.4) is 0 Å². The van der Waals surface area contributed by atoms with Crippen molar-refractivity contribution in [1.82, 2.24) is 0 Å². The van der Waals surface area contributed by atoms with Gasteiger partial charge in [-0.2, -0.15) is 0 Å². The number of nitrogens with two attached hydrogens (primary N) is 1. The molecule has 6 heteroatoms. The smallest absolute Gasteiger partial charge is 0.261 e. The molecule has 0 heterocycles. The lowest BCUT2D eigenvalue weighted by Gasteiger charge is -2.11. The van der Waals surface area contributed by atoms with E-state index in [4.69, 9.17) is 5.73 Å². The van der Waals surface area contributed by atoms with Gasteiger partial charge in [0, 0.05) is 5.69 Å². The van der Waals surface area contributed by atoms with Crippen LogP contribution in [0.1, 0.15) is 18.1 Å². The molecule has 4 nitrogen and oxygen atoms in total. The highest BCUT2D eigenvalue weighted by Crippen LogP contribution is 2.22. The molecule has 0 fully saturated rings. The normalized spacial score (nSPS) is 11.4. The van der Waals surface area contributed by atoms with Crippen molar-refractivity contribution in [3.8, 4) is 0 Å². The van der Waals surface area contributed by atoms with E-state index >= 15 is 0 Å². The first-order valence-corrected chi connectivity index (χ1v) is 7.98. The molecule has 0 aliphatic carbocycles. The van der Waals surface area contributed by atoms with E-state index in [-0.39, 0.29) is 10.6 Å². The molecule has 2 rings (SSSR count). The third-order valence-electron chi connectivity index (χ3n) is 3.10. The number of rotatable bonds is 4. The Labute approximate surface area is 123 Å². The van der Waals surface area contributed by atoms with Crippen LogP contribution < -0.4 is 10.5 Å². The summed E-state index contributed by atoms with van der Waals surface area (Å²) in [6, 6.07) is 8.60. The predicted molar refractivity (Wildman–Crippen MR) is 82.2 cm³/mol. The number of aryl methyl sites for hydroxylation is 2. The van der Waals surface area contributed by atoms with Crippen LogP contribution in [0.25, 0.3) is 0 Å². The van der Waals surface area contributed by atoms with Crippen molar-refractivity contribution in [3.63, 3.8) is 0 Å². The summed E-state index contributed by atoms with van der Waals surface area (Å²) in [6.07, 6.45) is 0.725. The molecule has 2 aromatic rings. The van der Waals surface area contributed by atoms with Crippen molar-refractivity contribution in [1.29, 1.82) is 0 Å². The Hall–Kier alpha value is -2.08. The second-order valence-electron chi connectivity index (χ2n) is 4.84. The third kappa shape index (κ3) is 3.52. The minimum absolute atomic E-state index is 0.0547. The summed E-state index contributed by atoms with van der Waals surface area (Å²) in [5.74, 6) is -0.492. The molecule has 0 aliphatic heterocycles. The summed E-state index contributed by atoms with van der Waals surface area (Å²) >= 11 is 0. The fraction of sp³-hybridized carbons (Fsp3) is 0.200. The minimum atomic E-state index is -3.79. The first-order chi connectivity index (χ1) is 9.81. The maximum Gasteiger partial charge on any atom is 0.261 e. The SMILES string of the molecule is CCc1ccc(S(=O)(=O)Nc2cc(C)cc(F)c2)cc1N. The van der Waals surface area contributed by atoms with Crippen LogP contribution in [-0.4, -0.2) is 8.42 Å². The molecule has 0 unspecified atom stereocenters. The van der Waals surface area contributed by atoms with Gasteiger partial charge in [0.1, 0.15) is 5.82 Å². The fourth-order valence-electron chi connectivity index (χ4n) is 2.07. The molecule has 2 aromatic carbocycles. The van der Waals surface area contributed by atoms with Crippen molar-refractivity contribution in [2.45, 2.75) is 25.2 Å². The molecule has 0 bridgehead atoms. The molecule has 0 spiro atoms. The number of nitrogens with one attached hydrogen (secondary N) is 1. The van der Waals surface area contributed by atoms with Gasteiger partial charge in [-0.15, -0.1) is 0 Å². The summed E-state index contributed by atoms with van der Waals surface area (Å²) in [4.78, 5) is 0.0547. The van der Waals surface area contributed by atoms with Crippen LogP contribution in [0.15, 0.2) is 41.3 Å². The highest BCUT2D eigenvalue weighted by Gasteiger charge is 2.16. The highest BCUT2D eigenvalue weighted by atomic mass is 32.2.